The average Bonchev–Trinajstić information content (AvgIpc) is 2.91. The van der Waals surface area contributed by atoms with Gasteiger partial charge in [0, 0.05) is 22.7 Å². The van der Waals surface area contributed by atoms with Crippen LogP contribution in [0.1, 0.15) is 11.1 Å². The van der Waals surface area contributed by atoms with Crippen LogP contribution in [0.5, 0.6) is 0 Å². The van der Waals surface area contributed by atoms with E-state index in [-0.39, 0.29) is 15.7 Å². The molecule has 1 heterocycles. The molecule has 0 amide bonds. The fourth-order valence-electron chi connectivity index (χ4n) is 2.34. The van der Waals surface area contributed by atoms with Crippen molar-refractivity contribution in [2.45, 2.75) is 23.6 Å². The molecule has 2 N–H and O–H groups in total. The molecule has 3 rings (SSSR count). The molecule has 0 radical (unpaired) electrons. The van der Waals surface area contributed by atoms with Gasteiger partial charge in [-0.2, -0.15) is 4.98 Å². The number of sulfonamides is 1. The van der Waals surface area contributed by atoms with Crippen LogP contribution in [0.25, 0.3) is 0 Å². The smallest absolute Gasteiger partial charge is 0.265 e. The van der Waals surface area contributed by atoms with Crippen LogP contribution in [-0.4, -0.2) is 23.2 Å². The van der Waals surface area contributed by atoms with E-state index in [1.807, 2.05) is 31.2 Å². The summed E-state index contributed by atoms with van der Waals surface area (Å²) in [7, 11) is -2.25. The van der Waals surface area contributed by atoms with Crippen molar-refractivity contribution in [1.29, 1.82) is 0 Å². The number of nitrogens with one attached hydrogen (secondary N) is 2. The Labute approximate surface area is 168 Å². The van der Waals surface area contributed by atoms with E-state index < -0.39 is 10.0 Å². The van der Waals surface area contributed by atoms with E-state index >= 15 is 0 Å². The van der Waals surface area contributed by atoms with Gasteiger partial charge < -0.3 is 5.32 Å². The van der Waals surface area contributed by atoms with E-state index in [1.165, 1.54) is 16.8 Å². The van der Waals surface area contributed by atoms with Crippen LogP contribution in [0.3, 0.4) is 0 Å². The minimum Gasteiger partial charge on any atom is -0.324 e. The summed E-state index contributed by atoms with van der Waals surface area (Å²) >= 11 is 10.2. The molecule has 0 aliphatic heterocycles. The largest absolute Gasteiger partial charge is 0.324 e. The fourth-order valence-corrected chi connectivity index (χ4v) is 4.23. The number of thiol groups is 1. The van der Waals surface area contributed by atoms with Gasteiger partial charge in [-0.25, -0.2) is 17.8 Å². The SMILES string of the molecule is Cc1ccc(Nc2nc(NS(=O)(=O)c3cc(C)c(Cl)cc3S)nn2C)cc1. The van der Waals surface area contributed by atoms with Gasteiger partial charge in [0.25, 0.3) is 16.0 Å². The molecule has 0 bridgehead atoms. The zero-order chi connectivity index (χ0) is 19.8. The summed E-state index contributed by atoms with van der Waals surface area (Å²) in [5.41, 5.74) is 2.58. The molecule has 2 aromatic carbocycles. The second-order valence-corrected chi connectivity index (χ2v) is 8.59. The van der Waals surface area contributed by atoms with Crippen molar-refractivity contribution in [3.05, 3.63) is 52.5 Å². The molecule has 0 saturated heterocycles. The maximum atomic E-state index is 12.7. The molecule has 0 spiro atoms. The first-order valence-corrected chi connectivity index (χ1v) is 10.2. The molecule has 3 aromatic rings. The molecule has 0 fully saturated rings. The normalized spacial score (nSPS) is 11.4. The summed E-state index contributed by atoms with van der Waals surface area (Å²) < 4.78 is 29.2. The van der Waals surface area contributed by atoms with Gasteiger partial charge in [-0.3, -0.25) is 0 Å². The minimum atomic E-state index is -3.92. The first-order valence-electron chi connectivity index (χ1n) is 7.92. The number of halogens is 1. The van der Waals surface area contributed by atoms with Crippen molar-refractivity contribution < 1.29 is 8.42 Å². The zero-order valence-electron chi connectivity index (χ0n) is 14.9. The molecule has 0 aliphatic rings. The quantitative estimate of drug-likeness (QED) is 0.541. The number of benzene rings is 2. The number of hydrogen-bond donors (Lipinski definition) is 3. The molecule has 0 saturated carbocycles. The maximum Gasteiger partial charge on any atom is 0.265 e. The van der Waals surface area contributed by atoms with Gasteiger partial charge in [-0.15, -0.1) is 17.7 Å². The lowest BCUT2D eigenvalue weighted by molar-refractivity contribution is 0.598. The average molecular weight is 424 g/mol. The Hall–Kier alpha value is -2.23. The van der Waals surface area contributed by atoms with Crippen LogP contribution in [-0.2, 0) is 17.1 Å². The molecule has 0 unspecified atom stereocenters. The van der Waals surface area contributed by atoms with Crippen LogP contribution in [0, 0.1) is 13.8 Å². The molecular formula is C17H18ClN5O2S2. The van der Waals surface area contributed by atoms with Crippen molar-refractivity contribution in [3.8, 4) is 0 Å². The third kappa shape index (κ3) is 4.37. The van der Waals surface area contributed by atoms with Crippen LogP contribution in [0.4, 0.5) is 17.6 Å². The van der Waals surface area contributed by atoms with Crippen molar-refractivity contribution in [3.63, 3.8) is 0 Å². The standard InChI is InChI=1S/C17H18ClN5O2S2/c1-10-4-6-12(7-5-10)19-17-20-16(21-23(17)3)22-27(24,25)15-8-11(2)13(18)9-14(15)26/h4-9,26H,1-3H3,(H2,19,20,21,22). The van der Waals surface area contributed by atoms with E-state index in [2.05, 4.69) is 32.8 Å². The highest BCUT2D eigenvalue weighted by Gasteiger charge is 2.21. The Kier molecular flexibility index (Phi) is 5.36. The van der Waals surface area contributed by atoms with E-state index in [0.717, 1.165) is 11.3 Å². The third-order valence-electron chi connectivity index (χ3n) is 3.83. The summed E-state index contributed by atoms with van der Waals surface area (Å²) in [5, 5.41) is 7.65. The zero-order valence-corrected chi connectivity index (χ0v) is 17.3. The topological polar surface area (TPSA) is 88.9 Å². The van der Waals surface area contributed by atoms with Crippen molar-refractivity contribution in [2.24, 2.45) is 7.05 Å². The molecule has 0 atom stereocenters. The maximum absolute atomic E-state index is 12.7. The van der Waals surface area contributed by atoms with E-state index in [4.69, 9.17) is 11.6 Å². The predicted octanol–water partition coefficient (Wildman–Crippen LogP) is 3.92. The van der Waals surface area contributed by atoms with Gasteiger partial charge in [0.1, 0.15) is 4.90 Å². The Morgan fingerprint density at radius 3 is 2.48 bits per heavy atom. The first-order chi connectivity index (χ1) is 12.7. The number of aryl methyl sites for hydroxylation is 3. The van der Waals surface area contributed by atoms with Crippen LogP contribution >= 0.6 is 24.2 Å². The van der Waals surface area contributed by atoms with Gasteiger partial charge in [-0.1, -0.05) is 29.3 Å². The highest BCUT2D eigenvalue weighted by atomic mass is 35.5. The predicted molar refractivity (Wildman–Crippen MR) is 110 cm³/mol. The van der Waals surface area contributed by atoms with Gasteiger partial charge >= 0.3 is 0 Å². The minimum absolute atomic E-state index is 0.00762. The second-order valence-electron chi connectivity index (χ2n) is 6.05. The Balaban J connectivity index is 1.85. The summed E-state index contributed by atoms with van der Waals surface area (Å²) in [6, 6.07) is 10.7. The summed E-state index contributed by atoms with van der Waals surface area (Å²) in [5.74, 6) is 0.349. The van der Waals surface area contributed by atoms with Gasteiger partial charge in [0.15, 0.2) is 0 Å². The molecule has 7 nitrogen and oxygen atoms in total. The number of nitrogens with zero attached hydrogens (tertiary/aromatic N) is 3. The fraction of sp³-hybridized carbons (Fsp3) is 0.176. The van der Waals surface area contributed by atoms with Gasteiger partial charge in [0.05, 0.1) is 0 Å². The highest BCUT2D eigenvalue weighted by Crippen LogP contribution is 2.28. The molecule has 10 heteroatoms. The Morgan fingerprint density at radius 1 is 1.15 bits per heavy atom. The van der Waals surface area contributed by atoms with Crippen LogP contribution in [0.15, 0.2) is 46.2 Å². The van der Waals surface area contributed by atoms with Crippen LogP contribution in [0.2, 0.25) is 5.02 Å². The molecule has 0 aliphatic carbocycles. The summed E-state index contributed by atoms with van der Waals surface area (Å²) in [6.07, 6.45) is 0. The summed E-state index contributed by atoms with van der Waals surface area (Å²) in [6.45, 7) is 3.71. The highest BCUT2D eigenvalue weighted by molar-refractivity contribution is 7.93. The van der Waals surface area contributed by atoms with Gasteiger partial charge in [0.2, 0.25) is 5.95 Å². The number of anilines is 3. The number of aromatic nitrogens is 3. The van der Waals surface area contributed by atoms with Crippen molar-refractivity contribution >= 4 is 51.8 Å². The first kappa shape index (κ1) is 19.5. The molecular weight excluding hydrogens is 406 g/mol. The van der Waals surface area contributed by atoms with Gasteiger partial charge in [-0.05, 0) is 43.7 Å². The number of hydrogen-bond acceptors (Lipinski definition) is 6. The second kappa shape index (κ2) is 7.41. The third-order valence-corrected chi connectivity index (χ3v) is 6.12. The monoisotopic (exact) mass is 423 g/mol. The Bertz CT molecular complexity index is 1100. The van der Waals surface area contributed by atoms with E-state index in [0.29, 0.717) is 16.5 Å². The summed E-state index contributed by atoms with van der Waals surface area (Å²) in [4.78, 5) is 4.46. The molecule has 1 aromatic heterocycles. The van der Waals surface area contributed by atoms with E-state index in [1.54, 1.807) is 14.0 Å². The molecule has 142 valence electrons. The Morgan fingerprint density at radius 2 is 1.81 bits per heavy atom. The van der Waals surface area contributed by atoms with E-state index in [9.17, 15) is 8.42 Å². The van der Waals surface area contributed by atoms with Crippen molar-refractivity contribution in [1.82, 2.24) is 14.8 Å². The van der Waals surface area contributed by atoms with Crippen LogP contribution < -0.4 is 10.0 Å². The lowest BCUT2D eigenvalue weighted by atomic mass is 10.2. The lowest BCUT2D eigenvalue weighted by Crippen LogP contribution is -2.15. The lowest BCUT2D eigenvalue weighted by Gasteiger charge is -2.09. The molecule has 27 heavy (non-hydrogen) atoms. The number of rotatable bonds is 5. The van der Waals surface area contributed by atoms with Crippen molar-refractivity contribution in [2.75, 3.05) is 10.0 Å².